The first-order chi connectivity index (χ1) is 8.44. The van der Waals surface area contributed by atoms with E-state index in [0.717, 1.165) is 30.8 Å². The molecule has 1 amide bonds. The number of amides is 1. The van der Waals surface area contributed by atoms with Crippen LogP contribution in [0.3, 0.4) is 0 Å². The monoisotopic (exact) mass is 246 g/mol. The van der Waals surface area contributed by atoms with Gasteiger partial charge in [-0.2, -0.15) is 0 Å². The largest absolute Gasteiger partial charge is 0.316 e. The van der Waals surface area contributed by atoms with Crippen molar-refractivity contribution in [3.05, 3.63) is 29.3 Å². The van der Waals surface area contributed by atoms with Crippen LogP contribution in [0.5, 0.6) is 0 Å². The second-order valence-corrected chi connectivity index (χ2v) is 5.64. The Morgan fingerprint density at radius 1 is 1.39 bits per heavy atom. The van der Waals surface area contributed by atoms with Crippen LogP contribution in [0, 0.1) is 19.3 Å². The number of benzene rings is 1. The Kier molecular flexibility index (Phi) is 3.44. The average molecular weight is 246 g/mol. The molecule has 0 saturated carbocycles. The molecule has 1 saturated heterocycles. The first kappa shape index (κ1) is 13.1. The first-order valence-electron chi connectivity index (χ1n) is 6.50. The highest BCUT2D eigenvalue weighted by Gasteiger charge is 2.38. The molecule has 1 unspecified atom stereocenters. The zero-order valence-corrected chi connectivity index (χ0v) is 11.7. The summed E-state index contributed by atoms with van der Waals surface area (Å²) in [5.41, 5.74) is 3.14. The van der Waals surface area contributed by atoms with Crippen LogP contribution in [-0.4, -0.2) is 26.0 Å². The van der Waals surface area contributed by atoms with Crippen molar-refractivity contribution in [1.29, 1.82) is 0 Å². The molecule has 0 spiro atoms. The van der Waals surface area contributed by atoms with Crippen molar-refractivity contribution in [3.63, 3.8) is 0 Å². The van der Waals surface area contributed by atoms with E-state index in [1.54, 1.807) is 0 Å². The molecule has 0 aliphatic carbocycles. The summed E-state index contributed by atoms with van der Waals surface area (Å²) in [4.78, 5) is 14.4. The topological polar surface area (TPSA) is 32.3 Å². The van der Waals surface area contributed by atoms with Crippen LogP contribution in [0.25, 0.3) is 0 Å². The smallest absolute Gasteiger partial charge is 0.234 e. The van der Waals surface area contributed by atoms with Crippen molar-refractivity contribution in [2.75, 3.05) is 25.0 Å². The van der Waals surface area contributed by atoms with Crippen LogP contribution in [0.2, 0.25) is 0 Å². The Hall–Kier alpha value is -1.35. The van der Waals surface area contributed by atoms with Gasteiger partial charge in [0, 0.05) is 19.3 Å². The van der Waals surface area contributed by atoms with Gasteiger partial charge >= 0.3 is 0 Å². The van der Waals surface area contributed by atoms with Crippen molar-refractivity contribution in [2.24, 2.45) is 5.41 Å². The summed E-state index contributed by atoms with van der Waals surface area (Å²) in [6, 6.07) is 6.21. The summed E-state index contributed by atoms with van der Waals surface area (Å²) in [6.45, 7) is 7.89. The number of hydrogen-bond donors (Lipinski definition) is 1. The van der Waals surface area contributed by atoms with Crippen LogP contribution in [0.1, 0.15) is 24.5 Å². The van der Waals surface area contributed by atoms with Crippen molar-refractivity contribution in [3.8, 4) is 0 Å². The fourth-order valence-corrected chi connectivity index (χ4v) is 2.70. The molecule has 1 N–H and O–H groups in total. The van der Waals surface area contributed by atoms with Gasteiger partial charge in [0.2, 0.25) is 5.91 Å². The summed E-state index contributed by atoms with van der Waals surface area (Å²) in [5, 5.41) is 3.28. The third kappa shape index (κ3) is 2.27. The molecule has 1 aliphatic rings. The van der Waals surface area contributed by atoms with Gasteiger partial charge in [-0.05, 0) is 45.4 Å². The molecular formula is C15H22N2O. The molecule has 1 aromatic rings. The predicted molar refractivity (Wildman–Crippen MR) is 74.9 cm³/mol. The highest BCUT2D eigenvalue weighted by atomic mass is 16.2. The Bertz CT molecular complexity index is 462. The number of hydrogen-bond acceptors (Lipinski definition) is 2. The lowest BCUT2D eigenvalue weighted by Crippen LogP contribution is -2.42. The molecule has 1 atom stereocenters. The van der Waals surface area contributed by atoms with Gasteiger partial charge in [-0.3, -0.25) is 4.79 Å². The van der Waals surface area contributed by atoms with Crippen molar-refractivity contribution in [1.82, 2.24) is 5.32 Å². The number of nitrogens with one attached hydrogen (secondary N) is 1. The van der Waals surface area contributed by atoms with E-state index >= 15 is 0 Å². The van der Waals surface area contributed by atoms with E-state index in [1.807, 2.05) is 18.0 Å². The number of carbonyl (C=O) groups is 1. The second kappa shape index (κ2) is 4.73. The van der Waals surface area contributed by atoms with E-state index < -0.39 is 0 Å². The summed E-state index contributed by atoms with van der Waals surface area (Å²) in [7, 11) is 1.88. The van der Waals surface area contributed by atoms with Crippen LogP contribution in [-0.2, 0) is 4.79 Å². The Labute approximate surface area is 109 Å². The molecule has 18 heavy (non-hydrogen) atoms. The second-order valence-electron chi connectivity index (χ2n) is 5.64. The van der Waals surface area contributed by atoms with Gasteiger partial charge in [0.15, 0.2) is 0 Å². The lowest BCUT2D eigenvalue weighted by Gasteiger charge is -2.29. The Morgan fingerprint density at radius 2 is 2.11 bits per heavy atom. The van der Waals surface area contributed by atoms with E-state index in [4.69, 9.17) is 0 Å². The van der Waals surface area contributed by atoms with E-state index in [0.29, 0.717) is 0 Å². The molecule has 0 bridgehead atoms. The van der Waals surface area contributed by atoms with Gasteiger partial charge in [0.05, 0.1) is 5.41 Å². The molecule has 3 heteroatoms. The van der Waals surface area contributed by atoms with Crippen LogP contribution in [0.15, 0.2) is 18.2 Å². The number of aryl methyl sites for hydroxylation is 2. The minimum Gasteiger partial charge on any atom is -0.316 e. The number of rotatable bonds is 2. The highest BCUT2D eigenvalue weighted by molar-refractivity contribution is 5.97. The molecule has 1 heterocycles. The molecule has 3 nitrogen and oxygen atoms in total. The normalized spacial score (nSPS) is 23.1. The maximum Gasteiger partial charge on any atom is 0.234 e. The molecule has 1 fully saturated rings. The zero-order chi connectivity index (χ0) is 13.3. The van der Waals surface area contributed by atoms with Gasteiger partial charge in [0.1, 0.15) is 0 Å². The Morgan fingerprint density at radius 3 is 2.67 bits per heavy atom. The summed E-state index contributed by atoms with van der Waals surface area (Å²) in [5.74, 6) is 0.208. The van der Waals surface area contributed by atoms with E-state index in [1.165, 1.54) is 5.56 Å². The first-order valence-corrected chi connectivity index (χ1v) is 6.50. The molecule has 0 radical (unpaired) electrons. The van der Waals surface area contributed by atoms with Gasteiger partial charge in [-0.25, -0.2) is 0 Å². The fraction of sp³-hybridized carbons (Fsp3) is 0.533. The minimum atomic E-state index is -0.258. The summed E-state index contributed by atoms with van der Waals surface area (Å²) >= 11 is 0. The quantitative estimate of drug-likeness (QED) is 0.868. The molecule has 1 aliphatic heterocycles. The summed E-state index contributed by atoms with van der Waals surface area (Å²) in [6.07, 6.45) is 0.918. The fourth-order valence-electron chi connectivity index (χ4n) is 2.70. The summed E-state index contributed by atoms with van der Waals surface area (Å²) < 4.78 is 0. The van der Waals surface area contributed by atoms with Gasteiger partial charge in [0.25, 0.3) is 0 Å². The maximum absolute atomic E-state index is 12.6. The Balaban J connectivity index is 2.25. The lowest BCUT2D eigenvalue weighted by atomic mass is 9.88. The minimum absolute atomic E-state index is 0.208. The van der Waals surface area contributed by atoms with Crippen LogP contribution >= 0.6 is 0 Å². The van der Waals surface area contributed by atoms with Gasteiger partial charge < -0.3 is 10.2 Å². The average Bonchev–Trinajstić information content (AvgIpc) is 2.76. The SMILES string of the molecule is Cc1ccc(N(C)C(=O)C2(C)CCNC2)c(C)c1. The molecule has 2 rings (SSSR count). The van der Waals surface area contributed by atoms with E-state index in [2.05, 4.69) is 38.2 Å². The molecule has 1 aromatic carbocycles. The number of anilines is 1. The molecule has 98 valence electrons. The third-order valence-corrected chi connectivity index (χ3v) is 3.90. The van der Waals surface area contributed by atoms with Gasteiger partial charge in [-0.1, -0.05) is 17.7 Å². The van der Waals surface area contributed by atoms with Crippen LogP contribution in [0.4, 0.5) is 5.69 Å². The highest BCUT2D eigenvalue weighted by Crippen LogP contribution is 2.30. The van der Waals surface area contributed by atoms with Crippen molar-refractivity contribution < 1.29 is 4.79 Å². The third-order valence-electron chi connectivity index (χ3n) is 3.90. The van der Waals surface area contributed by atoms with E-state index in [9.17, 15) is 4.79 Å². The molecular weight excluding hydrogens is 224 g/mol. The lowest BCUT2D eigenvalue weighted by molar-refractivity contribution is -0.126. The number of carbonyl (C=O) groups excluding carboxylic acids is 1. The number of nitrogens with zero attached hydrogens (tertiary/aromatic N) is 1. The molecule has 0 aromatic heterocycles. The maximum atomic E-state index is 12.6. The van der Waals surface area contributed by atoms with Crippen molar-refractivity contribution >= 4 is 11.6 Å². The predicted octanol–water partition coefficient (Wildman–Crippen LogP) is 2.27. The standard InChI is InChI=1S/C15H22N2O/c1-11-5-6-13(12(2)9-11)17(4)14(18)15(3)7-8-16-10-15/h5-6,9,16H,7-8,10H2,1-4H3. The zero-order valence-electron chi connectivity index (χ0n) is 11.7. The van der Waals surface area contributed by atoms with Crippen LogP contribution < -0.4 is 10.2 Å². The van der Waals surface area contributed by atoms with Crippen molar-refractivity contribution in [2.45, 2.75) is 27.2 Å². The van der Waals surface area contributed by atoms with Gasteiger partial charge in [-0.15, -0.1) is 0 Å². The van der Waals surface area contributed by atoms with E-state index in [-0.39, 0.29) is 11.3 Å².